The van der Waals surface area contributed by atoms with Gasteiger partial charge in [0.15, 0.2) is 0 Å². The Balaban J connectivity index is 1.52. The zero-order valence-corrected chi connectivity index (χ0v) is 24.1. The van der Waals surface area contributed by atoms with E-state index < -0.39 is 11.9 Å². The Bertz CT molecular complexity index is 1960. The van der Waals surface area contributed by atoms with Gasteiger partial charge in [0.05, 0.1) is 33.1 Å². The van der Waals surface area contributed by atoms with Crippen LogP contribution < -0.4 is 15.9 Å². The minimum atomic E-state index is -0.790. The molecule has 6 rings (SSSR count). The molecule has 43 heavy (non-hydrogen) atoms. The second-order valence-corrected chi connectivity index (χ2v) is 10.5. The lowest BCUT2D eigenvalue weighted by molar-refractivity contribution is 0.0735. The molecule has 0 bridgehead atoms. The van der Waals surface area contributed by atoms with Gasteiger partial charge in [-0.15, -0.1) is 0 Å². The molecule has 214 valence electrons. The fourth-order valence-electron chi connectivity index (χ4n) is 5.34. The van der Waals surface area contributed by atoms with E-state index in [1.165, 1.54) is 9.36 Å². The van der Waals surface area contributed by atoms with Gasteiger partial charge in [-0.05, 0) is 67.9 Å². The Morgan fingerprint density at radius 1 is 0.698 bits per heavy atom. The quantitative estimate of drug-likeness (QED) is 0.168. The summed E-state index contributed by atoms with van der Waals surface area (Å²) in [6.07, 6.45) is 0. The van der Waals surface area contributed by atoms with Gasteiger partial charge in [-0.25, -0.2) is 14.2 Å². The first kappa shape index (κ1) is 27.8. The van der Waals surface area contributed by atoms with Crippen molar-refractivity contribution in [2.75, 3.05) is 0 Å². The predicted octanol–water partition coefficient (Wildman–Crippen LogP) is 6.31. The Morgan fingerprint density at radius 3 is 1.74 bits per heavy atom. The van der Waals surface area contributed by atoms with E-state index >= 15 is 0 Å². The number of halogens is 1. The number of aryl methyl sites for hydroxylation is 2. The summed E-state index contributed by atoms with van der Waals surface area (Å²) in [7, 11) is 0. The lowest BCUT2D eigenvalue weighted by Gasteiger charge is -2.17. The molecule has 0 aliphatic carbocycles. The molecule has 0 amide bonds. The average Bonchev–Trinajstić information content (AvgIpc) is 3.48. The summed E-state index contributed by atoms with van der Waals surface area (Å²) >= 11 is 6.22. The van der Waals surface area contributed by atoms with Gasteiger partial charge in [0, 0.05) is 17.3 Å². The number of benzene rings is 4. The number of aromatic amines is 2. The monoisotopic (exact) mass is 590 g/mol. The van der Waals surface area contributed by atoms with Crippen molar-refractivity contribution in [3.63, 3.8) is 0 Å². The molecule has 0 saturated heterocycles. The average molecular weight is 591 g/mol. The zero-order valence-electron chi connectivity index (χ0n) is 23.4. The van der Waals surface area contributed by atoms with Crippen LogP contribution in [-0.2, 0) is 0 Å². The van der Waals surface area contributed by atoms with Crippen LogP contribution in [0.1, 0.15) is 44.4 Å². The number of carbonyl (C=O) groups is 1. The molecule has 0 aliphatic rings. The van der Waals surface area contributed by atoms with Gasteiger partial charge in [0.2, 0.25) is 0 Å². The zero-order chi connectivity index (χ0) is 30.1. The number of hydrogen-bond donors (Lipinski definition) is 2. The number of hydrogen-bond acceptors (Lipinski definition) is 4. The van der Waals surface area contributed by atoms with Crippen molar-refractivity contribution >= 4 is 17.6 Å². The SMILES string of the molecule is Cc1[nH]n(-c2ccccc2)c(=O)c1C(c1cccc(OC(=O)c2ccccc2Cl)c1)c1c(C)[nH]n(-c2ccccc2)c1=O. The highest BCUT2D eigenvalue weighted by atomic mass is 35.5. The minimum absolute atomic E-state index is 0.227. The fraction of sp³-hybridized carbons (Fsp3) is 0.0882. The summed E-state index contributed by atoms with van der Waals surface area (Å²) in [4.78, 5) is 41.1. The van der Waals surface area contributed by atoms with Crippen LogP contribution in [0, 0.1) is 13.8 Å². The fourth-order valence-corrected chi connectivity index (χ4v) is 5.55. The molecular formula is C34H27ClN4O4. The number of nitrogens with zero attached hydrogens (tertiary/aromatic N) is 2. The van der Waals surface area contributed by atoms with Crippen molar-refractivity contribution in [2.24, 2.45) is 0 Å². The van der Waals surface area contributed by atoms with Crippen LogP contribution in [0.4, 0.5) is 0 Å². The van der Waals surface area contributed by atoms with Crippen LogP contribution in [-0.4, -0.2) is 25.5 Å². The summed E-state index contributed by atoms with van der Waals surface area (Å²) in [5, 5.41) is 6.65. The van der Waals surface area contributed by atoms with E-state index in [4.69, 9.17) is 16.3 Å². The Hall–Kier alpha value is -5.34. The Kier molecular flexibility index (Phi) is 7.44. The Morgan fingerprint density at radius 2 is 1.21 bits per heavy atom. The first-order valence-electron chi connectivity index (χ1n) is 13.6. The van der Waals surface area contributed by atoms with Gasteiger partial charge in [-0.2, -0.15) is 0 Å². The highest BCUT2D eigenvalue weighted by Gasteiger charge is 2.31. The highest BCUT2D eigenvalue weighted by molar-refractivity contribution is 6.33. The van der Waals surface area contributed by atoms with Crippen LogP contribution in [0.15, 0.2) is 119 Å². The number of rotatable bonds is 7. The van der Waals surface area contributed by atoms with Crippen molar-refractivity contribution < 1.29 is 9.53 Å². The molecule has 2 N–H and O–H groups in total. The highest BCUT2D eigenvalue weighted by Crippen LogP contribution is 2.34. The van der Waals surface area contributed by atoms with Crippen LogP contribution in [0.3, 0.4) is 0 Å². The third-order valence-electron chi connectivity index (χ3n) is 7.34. The molecule has 0 unspecified atom stereocenters. The number of esters is 1. The summed E-state index contributed by atoms with van der Waals surface area (Å²) in [6, 6.07) is 32.0. The molecule has 8 nitrogen and oxygen atoms in total. The van der Waals surface area contributed by atoms with Crippen molar-refractivity contribution in [3.8, 4) is 17.1 Å². The maximum atomic E-state index is 14.1. The molecule has 0 atom stereocenters. The van der Waals surface area contributed by atoms with Crippen molar-refractivity contribution in [1.82, 2.24) is 19.6 Å². The lowest BCUT2D eigenvalue weighted by Crippen LogP contribution is -2.25. The Labute approximate surface area is 251 Å². The molecule has 0 saturated carbocycles. The summed E-state index contributed by atoms with van der Waals surface area (Å²) in [5.41, 5.74) is 3.57. The van der Waals surface area contributed by atoms with E-state index in [0.717, 1.165) is 0 Å². The lowest BCUT2D eigenvalue weighted by atomic mass is 9.85. The maximum Gasteiger partial charge on any atom is 0.345 e. The van der Waals surface area contributed by atoms with E-state index in [1.54, 1.807) is 42.5 Å². The summed E-state index contributed by atoms with van der Waals surface area (Å²) in [6.45, 7) is 3.62. The van der Waals surface area contributed by atoms with Crippen molar-refractivity contribution in [3.05, 3.63) is 169 Å². The number of carbonyl (C=O) groups excluding carboxylic acids is 1. The van der Waals surface area contributed by atoms with E-state index in [1.807, 2.05) is 80.6 Å². The standard InChI is InChI=1S/C34H27ClN4O4/c1-21-29(32(40)38(36-21)24-13-5-3-6-14-24)31(30-22(2)37-39(33(30)41)25-15-7-4-8-16-25)23-12-11-17-26(20-23)43-34(42)27-18-9-10-19-28(27)35/h3-20,31,36-37H,1-2H3. The molecule has 4 aromatic carbocycles. The second-order valence-electron chi connectivity index (χ2n) is 10.1. The van der Waals surface area contributed by atoms with Gasteiger partial charge in [0.1, 0.15) is 5.75 Å². The van der Waals surface area contributed by atoms with E-state index in [2.05, 4.69) is 10.2 Å². The smallest absolute Gasteiger partial charge is 0.345 e. The molecule has 2 heterocycles. The van der Waals surface area contributed by atoms with Gasteiger partial charge in [-0.1, -0.05) is 72.3 Å². The number of aromatic nitrogens is 4. The molecule has 9 heteroatoms. The molecule has 2 aromatic heterocycles. The first-order chi connectivity index (χ1) is 20.8. The summed E-state index contributed by atoms with van der Waals surface area (Å²) in [5.74, 6) is -1.16. The van der Waals surface area contributed by atoms with Crippen LogP contribution in [0.25, 0.3) is 11.4 Å². The third kappa shape index (κ3) is 5.24. The van der Waals surface area contributed by atoms with Crippen molar-refractivity contribution in [1.29, 1.82) is 0 Å². The molecule has 0 spiro atoms. The topological polar surface area (TPSA) is 102 Å². The second kappa shape index (κ2) is 11.5. The predicted molar refractivity (Wildman–Crippen MR) is 166 cm³/mol. The van der Waals surface area contributed by atoms with Gasteiger partial charge >= 0.3 is 5.97 Å². The molecule has 0 radical (unpaired) electrons. The summed E-state index contributed by atoms with van der Waals surface area (Å²) < 4.78 is 8.65. The normalized spacial score (nSPS) is 11.2. The van der Waals surface area contributed by atoms with Crippen LogP contribution >= 0.6 is 11.6 Å². The number of nitrogens with one attached hydrogen (secondary N) is 2. The number of H-pyrrole nitrogens is 2. The van der Waals surface area contributed by atoms with Gasteiger partial charge in [0.25, 0.3) is 11.1 Å². The molecule has 6 aromatic rings. The largest absolute Gasteiger partial charge is 0.423 e. The molecular weight excluding hydrogens is 564 g/mol. The van der Waals surface area contributed by atoms with Crippen molar-refractivity contribution in [2.45, 2.75) is 19.8 Å². The van der Waals surface area contributed by atoms with E-state index in [-0.39, 0.29) is 27.5 Å². The van der Waals surface area contributed by atoms with Crippen LogP contribution in [0.2, 0.25) is 5.02 Å². The third-order valence-corrected chi connectivity index (χ3v) is 7.67. The van der Waals surface area contributed by atoms with E-state index in [0.29, 0.717) is 39.5 Å². The van der Waals surface area contributed by atoms with E-state index in [9.17, 15) is 14.4 Å². The molecule has 0 fully saturated rings. The minimum Gasteiger partial charge on any atom is -0.423 e. The van der Waals surface area contributed by atoms with Gasteiger partial charge < -0.3 is 4.74 Å². The molecule has 0 aliphatic heterocycles. The van der Waals surface area contributed by atoms with Crippen LogP contribution in [0.5, 0.6) is 5.75 Å². The number of ether oxygens (including phenoxy) is 1. The first-order valence-corrected chi connectivity index (χ1v) is 14.0. The maximum absolute atomic E-state index is 14.1. The van der Waals surface area contributed by atoms with Gasteiger partial charge in [-0.3, -0.25) is 19.8 Å². The number of para-hydroxylation sites is 2.